The van der Waals surface area contributed by atoms with Gasteiger partial charge in [-0.15, -0.1) is 24.0 Å². The Hall–Kier alpha value is 0.270. The molecule has 0 radical (unpaired) electrons. The first-order valence-corrected chi connectivity index (χ1v) is 11.1. The van der Waals surface area contributed by atoms with Gasteiger partial charge in [0, 0.05) is 17.8 Å². The molecule has 7 heteroatoms. The van der Waals surface area contributed by atoms with Crippen molar-refractivity contribution in [2.45, 2.75) is 77.2 Å². The van der Waals surface area contributed by atoms with Crippen molar-refractivity contribution in [1.82, 2.24) is 15.5 Å². The quantitative estimate of drug-likeness (QED) is 0.218. The van der Waals surface area contributed by atoms with Crippen LogP contribution in [0.1, 0.15) is 60.3 Å². The summed E-state index contributed by atoms with van der Waals surface area (Å²) in [6.45, 7) is 15.6. The summed E-state index contributed by atoms with van der Waals surface area (Å²) in [4.78, 5) is 7.14. The van der Waals surface area contributed by atoms with Crippen LogP contribution in [0.2, 0.25) is 0 Å². The highest BCUT2D eigenvalue weighted by atomic mass is 127. The largest absolute Gasteiger partial charge is 0.387 e. The van der Waals surface area contributed by atoms with Gasteiger partial charge in [0.25, 0.3) is 0 Å². The van der Waals surface area contributed by atoms with Crippen LogP contribution in [0.5, 0.6) is 0 Å². The lowest BCUT2D eigenvalue weighted by Crippen LogP contribution is -2.53. The summed E-state index contributed by atoms with van der Waals surface area (Å²) in [5.41, 5.74) is -0.616. The fourth-order valence-electron chi connectivity index (χ4n) is 3.22. The van der Waals surface area contributed by atoms with E-state index in [-0.39, 0.29) is 24.0 Å². The predicted molar refractivity (Wildman–Crippen MR) is 127 cm³/mol. The zero-order chi connectivity index (χ0) is 18.7. The van der Waals surface area contributed by atoms with Crippen LogP contribution in [-0.2, 0) is 0 Å². The first kappa shape index (κ1) is 26.3. The highest BCUT2D eigenvalue weighted by Gasteiger charge is 2.45. The van der Waals surface area contributed by atoms with Crippen molar-refractivity contribution in [1.29, 1.82) is 0 Å². The number of aliphatic hydroxyl groups is 1. The van der Waals surface area contributed by atoms with Crippen LogP contribution in [-0.4, -0.2) is 71.3 Å². The minimum absolute atomic E-state index is 0. The maximum atomic E-state index is 10.7. The Morgan fingerprint density at radius 2 is 2.00 bits per heavy atom. The molecule has 1 saturated carbocycles. The van der Waals surface area contributed by atoms with Gasteiger partial charge in [0.05, 0.1) is 12.1 Å². The van der Waals surface area contributed by atoms with E-state index in [9.17, 15) is 5.11 Å². The molecule has 3 N–H and O–H groups in total. The van der Waals surface area contributed by atoms with Crippen LogP contribution in [0.3, 0.4) is 0 Å². The van der Waals surface area contributed by atoms with Gasteiger partial charge in [-0.1, -0.05) is 20.8 Å². The van der Waals surface area contributed by atoms with Gasteiger partial charge in [-0.2, -0.15) is 11.8 Å². The second-order valence-electron chi connectivity index (χ2n) is 7.00. The third kappa shape index (κ3) is 8.97. The van der Waals surface area contributed by atoms with Crippen LogP contribution in [0.4, 0.5) is 0 Å². The SMILES string of the molecule is CCNC(=NCC1(O)CCC1SCC)NC(C)CCCN(CC)CC.I. The molecule has 0 spiro atoms. The van der Waals surface area contributed by atoms with Gasteiger partial charge < -0.3 is 20.6 Å². The molecule has 0 aromatic heterocycles. The summed E-state index contributed by atoms with van der Waals surface area (Å²) in [5, 5.41) is 17.9. The van der Waals surface area contributed by atoms with Gasteiger partial charge in [0.15, 0.2) is 5.96 Å². The van der Waals surface area contributed by atoms with Gasteiger partial charge in [0.2, 0.25) is 0 Å². The monoisotopic (exact) mass is 500 g/mol. The lowest BCUT2D eigenvalue weighted by atomic mass is 9.79. The van der Waals surface area contributed by atoms with Crippen LogP contribution in [0.25, 0.3) is 0 Å². The van der Waals surface area contributed by atoms with E-state index in [1.807, 2.05) is 11.8 Å². The molecule has 3 atom stereocenters. The number of nitrogens with one attached hydrogen (secondary N) is 2. The number of hydrogen-bond donors (Lipinski definition) is 3. The summed E-state index contributed by atoms with van der Waals surface area (Å²) in [5.74, 6) is 1.89. The number of halogens is 1. The Labute approximate surface area is 182 Å². The van der Waals surface area contributed by atoms with Gasteiger partial charge in [-0.3, -0.25) is 4.99 Å². The van der Waals surface area contributed by atoms with Gasteiger partial charge in [-0.25, -0.2) is 0 Å². The first-order chi connectivity index (χ1) is 12.0. The Morgan fingerprint density at radius 1 is 1.31 bits per heavy atom. The number of aliphatic imine (C=N–C) groups is 1. The summed E-state index contributed by atoms with van der Waals surface area (Å²) in [7, 11) is 0. The van der Waals surface area contributed by atoms with Crippen molar-refractivity contribution in [2.75, 3.05) is 38.5 Å². The second kappa shape index (κ2) is 14.3. The van der Waals surface area contributed by atoms with E-state index in [1.165, 1.54) is 6.42 Å². The van der Waals surface area contributed by atoms with Crippen molar-refractivity contribution in [3.63, 3.8) is 0 Å². The maximum Gasteiger partial charge on any atom is 0.191 e. The normalized spacial score (nSPS) is 24.0. The minimum atomic E-state index is -0.616. The molecule has 0 heterocycles. The standard InChI is InChI=1S/C19H40N4OS.HI/c1-6-20-18(21-15-19(24)13-12-17(19)25-9-4)22-16(5)11-10-14-23(7-2)8-3;/h16-17,24H,6-15H2,1-5H3,(H2,20,21,22);1H. The zero-order valence-electron chi connectivity index (χ0n) is 17.4. The Morgan fingerprint density at radius 3 is 2.50 bits per heavy atom. The summed E-state index contributed by atoms with van der Waals surface area (Å²) >= 11 is 1.86. The Kier molecular flexibility index (Phi) is 14.4. The van der Waals surface area contributed by atoms with E-state index in [0.29, 0.717) is 17.8 Å². The third-order valence-electron chi connectivity index (χ3n) is 5.05. The van der Waals surface area contributed by atoms with E-state index >= 15 is 0 Å². The van der Waals surface area contributed by atoms with Crippen molar-refractivity contribution in [3.8, 4) is 0 Å². The molecule has 0 bridgehead atoms. The van der Waals surface area contributed by atoms with Gasteiger partial charge in [-0.05, 0) is 64.9 Å². The summed E-state index contributed by atoms with van der Waals surface area (Å²) in [6.07, 6.45) is 4.29. The highest BCUT2D eigenvalue weighted by Crippen LogP contribution is 2.41. The van der Waals surface area contributed by atoms with E-state index < -0.39 is 5.60 Å². The molecule has 156 valence electrons. The highest BCUT2D eigenvalue weighted by molar-refractivity contribution is 14.0. The van der Waals surface area contributed by atoms with Gasteiger partial charge >= 0.3 is 0 Å². The molecule has 1 aliphatic rings. The summed E-state index contributed by atoms with van der Waals surface area (Å²) < 4.78 is 0. The molecule has 0 aromatic carbocycles. The molecule has 0 amide bonds. The first-order valence-electron chi connectivity index (χ1n) is 10.1. The topological polar surface area (TPSA) is 59.9 Å². The average Bonchev–Trinajstić information content (AvgIpc) is 2.60. The number of thioether (sulfide) groups is 1. The molecule has 5 nitrogen and oxygen atoms in total. The average molecular weight is 501 g/mol. The van der Waals surface area contributed by atoms with E-state index in [4.69, 9.17) is 0 Å². The maximum absolute atomic E-state index is 10.7. The van der Waals surface area contributed by atoms with E-state index in [0.717, 1.165) is 57.2 Å². The van der Waals surface area contributed by atoms with Crippen LogP contribution in [0.15, 0.2) is 4.99 Å². The number of hydrogen-bond acceptors (Lipinski definition) is 4. The number of guanidine groups is 1. The van der Waals surface area contributed by atoms with Gasteiger partial charge in [0.1, 0.15) is 0 Å². The van der Waals surface area contributed by atoms with Crippen LogP contribution >= 0.6 is 35.7 Å². The molecule has 26 heavy (non-hydrogen) atoms. The molecule has 0 aliphatic heterocycles. The minimum Gasteiger partial charge on any atom is -0.387 e. The predicted octanol–water partition coefficient (Wildman–Crippen LogP) is 3.32. The molecule has 1 rings (SSSR count). The fraction of sp³-hybridized carbons (Fsp3) is 0.947. The molecule has 0 saturated heterocycles. The van der Waals surface area contributed by atoms with Crippen molar-refractivity contribution >= 4 is 41.7 Å². The lowest BCUT2D eigenvalue weighted by molar-refractivity contribution is -0.0154. The molecule has 0 aromatic rings. The lowest BCUT2D eigenvalue weighted by Gasteiger charge is -2.44. The second-order valence-corrected chi connectivity index (χ2v) is 8.48. The molecule has 1 aliphatic carbocycles. The smallest absolute Gasteiger partial charge is 0.191 e. The molecular weight excluding hydrogens is 459 g/mol. The summed E-state index contributed by atoms with van der Waals surface area (Å²) in [6, 6.07) is 0.380. The van der Waals surface area contributed by atoms with E-state index in [1.54, 1.807) is 0 Å². The molecular formula is C19H41IN4OS. The van der Waals surface area contributed by atoms with Crippen molar-refractivity contribution in [2.24, 2.45) is 4.99 Å². The van der Waals surface area contributed by atoms with E-state index in [2.05, 4.69) is 55.1 Å². The number of nitrogens with zero attached hydrogens (tertiary/aromatic N) is 2. The Bertz CT molecular complexity index is 396. The van der Waals surface area contributed by atoms with Crippen molar-refractivity contribution in [3.05, 3.63) is 0 Å². The molecule has 3 unspecified atom stereocenters. The zero-order valence-corrected chi connectivity index (χ0v) is 20.5. The van der Waals surface area contributed by atoms with Crippen LogP contribution < -0.4 is 10.6 Å². The third-order valence-corrected chi connectivity index (χ3v) is 6.46. The Balaban J connectivity index is 0.00000625. The number of rotatable bonds is 12. The molecule has 1 fully saturated rings. The van der Waals surface area contributed by atoms with Crippen molar-refractivity contribution < 1.29 is 5.11 Å². The van der Waals surface area contributed by atoms with Crippen LogP contribution in [0, 0.1) is 0 Å². The fourth-order valence-corrected chi connectivity index (χ4v) is 4.41.